The Hall–Kier alpha value is -2.57. The number of hydrogen-bond donors (Lipinski definition) is 2. The number of benzene rings is 2. The highest BCUT2D eigenvalue weighted by Gasteiger charge is 2.21. The summed E-state index contributed by atoms with van der Waals surface area (Å²) in [6.45, 7) is 5.79. The first-order chi connectivity index (χ1) is 13.2. The highest BCUT2D eigenvalue weighted by molar-refractivity contribution is 6.32. The number of carbonyl (C=O) groups excluding carboxylic acids is 2. The minimum absolute atomic E-state index is 0.0886. The molecule has 2 aromatic carbocycles. The van der Waals surface area contributed by atoms with Gasteiger partial charge in [-0.15, -0.1) is 0 Å². The lowest BCUT2D eigenvalue weighted by Crippen LogP contribution is -2.43. The second-order valence-corrected chi connectivity index (χ2v) is 7.13. The molecular weight excluding hydrogens is 378 g/mol. The maximum Gasteiger partial charge on any atom is 0.241 e. The second kappa shape index (κ2) is 9.57. The summed E-state index contributed by atoms with van der Waals surface area (Å²) in [6.07, 6.45) is 0. The van der Waals surface area contributed by atoms with E-state index in [2.05, 4.69) is 10.6 Å². The molecule has 1 atom stereocenters. The summed E-state index contributed by atoms with van der Waals surface area (Å²) in [4.78, 5) is 26.6. The SMILES string of the molecule is COc1ccc(NC(=O)C(C)N(C)CC(=O)Nc2cccc(C)c2C)cc1Cl. The number of methoxy groups -OCH3 is 1. The van der Waals surface area contributed by atoms with Gasteiger partial charge < -0.3 is 15.4 Å². The minimum Gasteiger partial charge on any atom is -0.495 e. The predicted molar refractivity (Wildman–Crippen MR) is 113 cm³/mol. The molecule has 0 saturated heterocycles. The van der Waals surface area contributed by atoms with Gasteiger partial charge in [-0.3, -0.25) is 14.5 Å². The molecule has 6 nitrogen and oxygen atoms in total. The summed E-state index contributed by atoms with van der Waals surface area (Å²) in [5.41, 5.74) is 3.48. The van der Waals surface area contributed by atoms with Gasteiger partial charge in [0.1, 0.15) is 5.75 Å². The van der Waals surface area contributed by atoms with Gasteiger partial charge in [0.25, 0.3) is 0 Å². The Morgan fingerprint density at radius 2 is 1.89 bits per heavy atom. The highest BCUT2D eigenvalue weighted by atomic mass is 35.5. The van der Waals surface area contributed by atoms with Crippen LogP contribution in [0.5, 0.6) is 5.75 Å². The number of amides is 2. The van der Waals surface area contributed by atoms with Crippen molar-refractivity contribution < 1.29 is 14.3 Å². The molecule has 2 amide bonds. The van der Waals surface area contributed by atoms with Crippen LogP contribution in [0.4, 0.5) is 11.4 Å². The summed E-state index contributed by atoms with van der Waals surface area (Å²) >= 11 is 6.09. The number of rotatable bonds is 7. The first-order valence-corrected chi connectivity index (χ1v) is 9.31. The van der Waals surface area contributed by atoms with Crippen molar-refractivity contribution in [1.82, 2.24) is 4.90 Å². The smallest absolute Gasteiger partial charge is 0.241 e. The molecule has 0 saturated carbocycles. The number of aryl methyl sites for hydroxylation is 1. The van der Waals surface area contributed by atoms with Crippen LogP contribution in [0.15, 0.2) is 36.4 Å². The quantitative estimate of drug-likeness (QED) is 0.736. The summed E-state index contributed by atoms with van der Waals surface area (Å²) < 4.78 is 5.10. The van der Waals surface area contributed by atoms with Crippen molar-refractivity contribution in [3.63, 3.8) is 0 Å². The third-order valence-electron chi connectivity index (χ3n) is 4.73. The van der Waals surface area contributed by atoms with Crippen molar-refractivity contribution in [2.75, 3.05) is 31.3 Å². The number of halogens is 1. The monoisotopic (exact) mass is 403 g/mol. The molecule has 1 unspecified atom stereocenters. The van der Waals surface area contributed by atoms with Gasteiger partial charge in [-0.05, 0) is 63.2 Å². The average molecular weight is 404 g/mol. The number of hydrogen-bond acceptors (Lipinski definition) is 4. The number of nitrogens with zero attached hydrogens (tertiary/aromatic N) is 1. The molecule has 0 aliphatic carbocycles. The summed E-state index contributed by atoms with van der Waals surface area (Å²) in [6, 6.07) is 10.3. The molecule has 2 rings (SSSR count). The van der Waals surface area contributed by atoms with E-state index in [0.717, 1.165) is 16.8 Å². The molecule has 150 valence electrons. The first-order valence-electron chi connectivity index (χ1n) is 8.93. The Bertz CT molecular complexity index is 870. The molecule has 0 bridgehead atoms. The summed E-state index contributed by atoms with van der Waals surface area (Å²) in [7, 11) is 3.26. The molecule has 28 heavy (non-hydrogen) atoms. The van der Waals surface area contributed by atoms with E-state index >= 15 is 0 Å². The molecule has 0 spiro atoms. The lowest BCUT2D eigenvalue weighted by atomic mass is 10.1. The van der Waals surface area contributed by atoms with E-state index in [9.17, 15) is 9.59 Å². The average Bonchev–Trinajstić information content (AvgIpc) is 2.64. The maximum absolute atomic E-state index is 12.5. The van der Waals surface area contributed by atoms with Crippen LogP contribution in [-0.2, 0) is 9.59 Å². The molecule has 2 N–H and O–H groups in total. The largest absolute Gasteiger partial charge is 0.495 e. The normalized spacial score (nSPS) is 11.8. The van der Waals surface area contributed by atoms with Crippen molar-refractivity contribution >= 4 is 34.8 Å². The minimum atomic E-state index is -0.509. The number of ether oxygens (including phenoxy) is 1. The van der Waals surface area contributed by atoms with E-state index in [4.69, 9.17) is 16.3 Å². The van der Waals surface area contributed by atoms with Crippen molar-refractivity contribution in [3.05, 3.63) is 52.5 Å². The molecule has 0 fully saturated rings. The highest BCUT2D eigenvalue weighted by Crippen LogP contribution is 2.27. The van der Waals surface area contributed by atoms with Crippen LogP contribution in [0.1, 0.15) is 18.1 Å². The topological polar surface area (TPSA) is 70.7 Å². The van der Waals surface area contributed by atoms with E-state index in [-0.39, 0.29) is 18.4 Å². The number of nitrogens with one attached hydrogen (secondary N) is 2. The molecule has 2 aromatic rings. The molecule has 7 heteroatoms. The molecule has 0 radical (unpaired) electrons. The van der Waals surface area contributed by atoms with Crippen molar-refractivity contribution in [2.45, 2.75) is 26.8 Å². The van der Waals surface area contributed by atoms with Gasteiger partial charge in [-0.25, -0.2) is 0 Å². The zero-order valence-electron chi connectivity index (χ0n) is 16.8. The Morgan fingerprint density at radius 3 is 2.54 bits per heavy atom. The van der Waals surface area contributed by atoms with Crippen molar-refractivity contribution in [1.29, 1.82) is 0 Å². The van der Waals surface area contributed by atoms with Crippen LogP contribution in [0.2, 0.25) is 5.02 Å². The summed E-state index contributed by atoms with van der Waals surface area (Å²) in [5, 5.41) is 6.12. The zero-order chi connectivity index (χ0) is 20.8. The Morgan fingerprint density at radius 1 is 1.18 bits per heavy atom. The van der Waals surface area contributed by atoms with E-state index in [1.807, 2.05) is 32.0 Å². The molecule has 0 aliphatic heterocycles. The number of anilines is 2. The third-order valence-corrected chi connectivity index (χ3v) is 5.03. The molecule has 0 heterocycles. The Balaban J connectivity index is 1.94. The number of likely N-dealkylation sites (N-methyl/N-ethyl adjacent to an activating group) is 1. The van der Waals surface area contributed by atoms with Crippen molar-refractivity contribution in [3.8, 4) is 5.75 Å². The Labute approximate surface area is 170 Å². The van der Waals surface area contributed by atoms with E-state index in [1.54, 1.807) is 37.1 Å². The Kier molecular flexibility index (Phi) is 7.43. The first kappa shape index (κ1) is 21.7. The van der Waals surface area contributed by atoms with E-state index in [1.165, 1.54) is 7.11 Å². The van der Waals surface area contributed by atoms with E-state index < -0.39 is 6.04 Å². The fourth-order valence-corrected chi connectivity index (χ4v) is 2.89. The lowest BCUT2D eigenvalue weighted by Gasteiger charge is -2.23. The molecule has 0 aliphatic rings. The van der Waals surface area contributed by atoms with Gasteiger partial charge in [0.2, 0.25) is 11.8 Å². The molecule has 0 aromatic heterocycles. The number of carbonyl (C=O) groups is 2. The molecular formula is C21H26ClN3O3. The maximum atomic E-state index is 12.5. The predicted octanol–water partition coefficient (Wildman–Crippen LogP) is 3.86. The van der Waals surface area contributed by atoms with Gasteiger partial charge >= 0.3 is 0 Å². The second-order valence-electron chi connectivity index (χ2n) is 6.73. The summed E-state index contributed by atoms with van der Waals surface area (Å²) in [5.74, 6) is 0.125. The van der Waals surface area contributed by atoms with Crippen LogP contribution in [0.25, 0.3) is 0 Å². The third kappa shape index (κ3) is 5.47. The van der Waals surface area contributed by atoms with Gasteiger partial charge in [-0.2, -0.15) is 0 Å². The van der Waals surface area contributed by atoms with Crippen molar-refractivity contribution in [2.24, 2.45) is 0 Å². The van der Waals surface area contributed by atoms with Gasteiger partial charge in [0.15, 0.2) is 0 Å². The van der Waals surface area contributed by atoms with Crippen LogP contribution in [0.3, 0.4) is 0 Å². The zero-order valence-corrected chi connectivity index (χ0v) is 17.6. The standard InChI is InChI=1S/C21H26ClN3O3/c1-13-7-6-8-18(14(13)2)24-20(26)12-25(4)15(3)21(27)23-16-9-10-19(28-5)17(22)11-16/h6-11,15H,12H2,1-5H3,(H,23,27)(H,24,26). The van der Waals surface area contributed by atoms with Crippen LogP contribution in [-0.4, -0.2) is 43.5 Å². The van der Waals surface area contributed by atoms with E-state index in [0.29, 0.717) is 16.5 Å². The fraction of sp³-hybridized carbons (Fsp3) is 0.333. The lowest BCUT2D eigenvalue weighted by molar-refractivity contribution is -0.122. The van der Waals surface area contributed by atoms with Gasteiger partial charge in [0.05, 0.1) is 24.7 Å². The fourth-order valence-electron chi connectivity index (χ4n) is 2.63. The van der Waals surface area contributed by atoms with Crippen LogP contribution in [0, 0.1) is 13.8 Å². The van der Waals surface area contributed by atoms with Crippen LogP contribution < -0.4 is 15.4 Å². The van der Waals surface area contributed by atoms with Gasteiger partial charge in [0, 0.05) is 11.4 Å². The van der Waals surface area contributed by atoms with Crippen LogP contribution >= 0.6 is 11.6 Å². The van der Waals surface area contributed by atoms with Gasteiger partial charge in [-0.1, -0.05) is 23.7 Å².